The van der Waals surface area contributed by atoms with Crippen LogP contribution in [0.25, 0.3) is 4.96 Å². The summed E-state index contributed by atoms with van der Waals surface area (Å²) in [4.78, 5) is 46.3. The average Bonchev–Trinajstić information content (AvgIpc) is 3.70. The number of likely N-dealkylation sites (tertiary alicyclic amines) is 1. The van der Waals surface area contributed by atoms with Gasteiger partial charge in [-0.15, -0.1) is 11.3 Å². The zero-order valence-corrected chi connectivity index (χ0v) is 23.8. The Kier molecular flexibility index (Phi) is 7.57. The molecule has 12 nitrogen and oxygen atoms in total. The Bertz CT molecular complexity index is 1620. The number of hydrogen-bond acceptors (Lipinski definition) is 9. The monoisotopic (exact) mass is 591 g/mol. The number of fused-ring (bicyclic) bond motifs is 8. The second kappa shape index (κ2) is 11.6. The molecule has 13 heteroatoms. The molecule has 0 radical (unpaired) electrons. The molecule has 3 aliphatic rings. The maximum Gasteiger partial charge on any atom is 0.258 e. The zero-order chi connectivity index (χ0) is 29.2. The Balaban J connectivity index is 1.29. The van der Waals surface area contributed by atoms with E-state index in [1.165, 1.54) is 25.6 Å². The molecule has 0 unspecified atom stereocenters. The number of nitrogens with one attached hydrogen (secondary N) is 2. The molecule has 2 N–H and O–H groups in total. The van der Waals surface area contributed by atoms with Gasteiger partial charge in [-0.05, 0) is 24.3 Å². The lowest BCUT2D eigenvalue weighted by Crippen LogP contribution is -2.45. The Labute approximate surface area is 245 Å². The predicted molar refractivity (Wildman–Crippen MR) is 152 cm³/mol. The van der Waals surface area contributed by atoms with Gasteiger partial charge in [0.25, 0.3) is 11.8 Å². The zero-order valence-electron chi connectivity index (χ0n) is 23.0. The predicted octanol–water partition coefficient (Wildman–Crippen LogP) is 2.05. The standard InChI is InChI=1S/C29H29N5O7S/c1-38-21-7-18-8-22(10-21)40-16-26(35)30-12-17-3-4-20(11-24(17)39-2)41-25-15-34(14-23(25)32-28(18)37)27(36)9-19-13-33-5-6-42-29(33)31-19/h3-8,10-11,13,23,25H,9,12,14-16H2,1-2H3,(H,30,35)(H,32,37)/t23-,25-/m0/s1. The molecule has 2 aromatic heterocycles. The molecule has 5 heterocycles. The fraction of sp³-hybridized carbons (Fsp3) is 0.310. The van der Waals surface area contributed by atoms with E-state index in [-0.39, 0.29) is 50.0 Å². The number of methoxy groups -OCH3 is 2. The number of ether oxygens (including phenoxy) is 4. The van der Waals surface area contributed by atoms with Gasteiger partial charge in [-0.3, -0.25) is 18.8 Å². The molecular formula is C29H29N5O7S. The average molecular weight is 592 g/mol. The van der Waals surface area contributed by atoms with Crippen molar-refractivity contribution in [1.82, 2.24) is 24.9 Å². The Hall–Kier alpha value is -4.78. The van der Waals surface area contributed by atoms with Crippen LogP contribution in [-0.2, 0) is 22.6 Å². The van der Waals surface area contributed by atoms with Crippen molar-refractivity contribution in [2.75, 3.05) is 33.9 Å². The molecular weight excluding hydrogens is 562 g/mol. The smallest absolute Gasteiger partial charge is 0.258 e. The van der Waals surface area contributed by atoms with E-state index in [1.54, 1.807) is 41.3 Å². The van der Waals surface area contributed by atoms with Crippen molar-refractivity contribution < 1.29 is 33.3 Å². The van der Waals surface area contributed by atoms with Crippen LogP contribution in [0.5, 0.6) is 23.0 Å². The van der Waals surface area contributed by atoms with E-state index >= 15 is 0 Å². The van der Waals surface area contributed by atoms with E-state index < -0.39 is 18.1 Å². The van der Waals surface area contributed by atoms with Gasteiger partial charge < -0.3 is 34.5 Å². The normalized spacial score (nSPS) is 18.9. The molecule has 1 saturated heterocycles. The van der Waals surface area contributed by atoms with Crippen LogP contribution in [0.3, 0.4) is 0 Å². The van der Waals surface area contributed by atoms with E-state index in [0.29, 0.717) is 28.7 Å². The van der Waals surface area contributed by atoms with Crippen molar-refractivity contribution in [2.45, 2.75) is 25.1 Å². The summed E-state index contributed by atoms with van der Waals surface area (Å²) in [6.45, 7) is 0.473. The second-order valence-corrected chi connectivity index (χ2v) is 10.8. The van der Waals surface area contributed by atoms with Crippen LogP contribution in [0.2, 0.25) is 0 Å². The lowest BCUT2D eigenvalue weighted by molar-refractivity contribution is -0.129. The van der Waals surface area contributed by atoms with Crippen molar-refractivity contribution >= 4 is 34.0 Å². The molecule has 2 atom stereocenters. The van der Waals surface area contributed by atoms with Crippen molar-refractivity contribution in [3.8, 4) is 23.0 Å². The third-order valence-corrected chi connectivity index (χ3v) is 7.95. The van der Waals surface area contributed by atoms with Crippen LogP contribution in [-0.4, -0.2) is 78.1 Å². The summed E-state index contributed by atoms with van der Waals surface area (Å²) in [6.07, 6.45) is 3.33. The molecule has 4 bridgehead atoms. The van der Waals surface area contributed by atoms with Crippen LogP contribution in [0, 0.1) is 0 Å². The van der Waals surface area contributed by atoms with E-state index in [2.05, 4.69) is 15.6 Å². The molecule has 3 aliphatic heterocycles. The van der Waals surface area contributed by atoms with Crippen molar-refractivity contribution in [3.63, 3.8) is 0 Å². The number of thiazole rings is 1. The van der Waals surface area contributed by atoms with Gasteiger partial charge in [-0.25, -0.2) is 4.98 Å². The van der Waals surface area contributed by atoms with Crippen LogP contribution in [0.4, 0.5) is 0 Å². The number of hydrogen-bond donors (Lipinski definition) is 2. The Morgan fingerprint density at radius 3 is 2.81 bits per heavy atom. The maximum atomic E-state index is 13.5. The maximum absolute atomic E-state index is 13.5. The van der Waals surface area contributed by atoms with E-state index in [9.17, 15) is 14.4 Å². The van der Waals surface area contributed by atoms with Gasteiger partial charge in [0.1, 0.15) is 29.1 Å². The van der Waals surface area contributed by atoms with Crippen LogP contribution < -0.4 is 29.6 Å². The lowest BCUT2D eigenvalue weighted by Gasteiger charge is -2.22. The SMILES string of the molecule is COc1cc2cc(c1)C(=O)N[C@H]1CN(C(=O)Cc3cn4ccsc4n3)C[C@@H]1Oc1ccc(c(OC)c1)CNC(=O)CO2. The van der Waals surface area contributed by atoms with Gasteiger partial charge in [0.15, 0.2) is 11.6 Å². The summed E-state index contributed by atoms with van der Waals surface area (Å²) >= 11 is 1.50. The highest BCUT2D eigenvalue weighted by Gasteiger charge is 2.38. The van der Waals surface area contributed by atoms with E-state index in [0.717, 1.165) is 10.5 Å². The molecule has 1 fully saturated rings. The van der Waals surface area contributed by atoms with Crippen LogP contribution in [0.15, 0.2) is 54.2 Å². The molecule has 0 spiro atoms. The number of benzene rings is 2. The summed E-state index contributed by atoms with van der Waals surface area (Å²) in [5.41, 5.74) is 1.70. The van der Waals surface area contributed by atoms with Crippen molar-refractivity contribution in [3.05, 3.63) is 71.0 Å². The van der Waals surface area contributed by atoms with Gasteiger partial charge in [0.05, 0.1) is 38.9 Å². The Morgan fingerprint density at radius 2 is 2.00 bits per heavy atom. The lowest BCUT2D eigenvalue weighted by atomic mass is 10.1. The summed E-state index contributed by atoms with van der Waals surface area (Å²) in [7, 11) is 3.02. The number of amides is 3. The summed E-state index contributed by atoms with van der Waals surface area (Å²) in [6, 6.07) is 9.50. The molecule has 42 heavy (non-hydrogen) atoms. The second-order valence-electron chi connectivity index (χ2n) is 9.97. The molecule has 0 aliphatic carbocycles. The van der Waals surface area contributed by atoms with Crippen molar-refractivity contribution in [2.24, 2.45) is 0 Å². The van der Waals surface area contributed by atoms with Gasteiger partial charge >= 0.3 is 0 Å². The highest BCUT2D eigenvalue weighted by molar-refractivity contribution is 7.15. The van der Waals surface area contributed by atoms with E-state index in [1.807, 2.05) is 22.2 Å². The summed E-state index contributed by atoms with van der Waals surface area (Å²) in [5.74, 6) is 0.874. The Morgan fingerprint density at radius 1 is 1.12 bits per heavy atom. The largest absolute Gasteiger partial charge is 0.497 e. The number of imidazole rings is 1. The molecule has 3 amide bonds. The van der Waals surface area contributed by atoms with Crippen LogP contribution in [0.1, 0.15) is 21.6 Å². The minimum absolute atomic E-state index is 0.117. The third-order valence-electron chi connectivity index (χ3n) is 7.18. The number of carbonyl (C=O) groups is 3. The number of nitrogens with zero attached hydrogens (tertiary/aromatic N) is 3. The first kappa shape index (κ1) is 27.4. The van der Waals surface area contributed by atoms with Gasteiger partial charge in [-0.1, -0.05) is 0 Å². The van der Waals surface area contributed by atoms with Crippen molar-refractivity contribution in [1.29, 1.82) is 0 Å². The molecule has 218 valence electrons. The first-order chi connectivity index (χ1) is 20.4. The van der Waals surface area contributed by atoms with Gasteiger partial charge in [-0.2, -0.15) is 0 Å². The molecule has 7 rings (SSSR count). The molecule has 0 saturated carbocycles. The van der Waals surface area contributed by atoms with Gasteiger partial charge in [0, 0.05) is 54.1 Å². The summed E-state index contributed by atoms with van der Waals surface area (Å²) in [5, 5.41) is 7.78. The third kappa shape index (κ3) is 5.81. The quantitative estimate of drug-likeness (QED) is 0.369. The number of aromatic nitrogens is 2. The molecule has 2 aromatic carbocycles. The number of carbonyl (C=O) groups excluding carboxylic acids is 3. The minimum Gasteiger partial charge on any atom is -0.497 e. The number of rotatable bonds is 4. The minimum atomic E-state index is -0.546. The van der Waals surface area contributed by atoms with Gasteiger partial charge in [0.2, 0.25) is 5.91 Å². The fourth-order valence-electron chi connectivity index (χ4n) is 5.03. The highest BCUT2D eigenvalue weighted by Crippen LogP contribution is 2.28. The first-order valence-electron chi connectivity index (χ1n) is 13.3. The first-order valence-corrected chi connectivity index (χ1v) is 14.2. The topological polar surface area (TPSA) is 133 Å². The summed E-state index contributed by atoms with van der Waals surface area (Å²) < 4.78 is 24.8. The molecule has 4 aromatic rings. The van der Waals surface area contributed by atoms with Crippen LogP contribution >= 0.6 is 11.3 Å². The highest BCUT2D eigenvalue weighted by atomic mass is 32.1. The fourth-order valence-corrected chi connectivity index (χ4v) is 5.75. The van der Waals surface area contributed by atoms with E-state index in [4.69, 9.17) is 18.9 Å².